The summed E-state index contributed by atoms with van der Waals surface area (Å²) < 4.78 is 5.66. The minimum atomic E-state index is -0.0435. The first-order valence-corrected chi connectivity index (χ1v) is 6.55. The number of hydrogen-bond donors (Lipinski definition) is 1. The molecule has 1 N–H and O–H groups in total. The maximum Gasteiger partial charge on any atom is 0.127 e. The Hall–Kier alpha value is -1.06. The summed E-state index contributed by atoms with van der Waals surface area (Å²) in [7, 11) is 0. The highest BCUT2D eigenvalue weighted by molar-refractivity contribution is 7.07. The van der Waals surface area contributed by atoms with Crippen molar-refractivity contribution in [2.75, 3.05) is 6.54 Å². The van der Waals surface area contributed by atoms with E-state index in [0.717, 1.165) is 25.1 Å². The molecule has 3 rings (SSSR count). The Kier molecular flexibility index (Phi) is 2.37. The number of fused-ring (bicyclic) bond motifs is 1. The predicted octanol–water partition coefficient (Wildman–Crippen LogP) is 2.94. The molecule has 0 fully saturated rings. The zero-order valence-corrected chi connectivity index (χ0v) is 10.1. The summed E-state index contributed by atoms with van der Waals surface area (Å²) in [5.41, 5.74) is 2.69. The summed E-state index contributed by atoms with van der Waals surface area (Å²) in [6.45, 7) is 3.26. The first-order chi connectivity index (χ1) is 7.78. The maximum atomic E-state index is 5.66. The zero-order chi connectivity index (χ0) is 11.0. The van der Waals surface area contributed by atoms with Crippen molar-refractivity contribution in [1.29, 1.82) is 0 Å². The Morgan fingerprint density at radius 2 is 2.44 bits per heavy atom. The molecule has 3 heteroatoms. The fourth-order valence-corrected chi connectivity index (χ4v) is 3.18. The lowest BCUT2D eigenvalue weighted by atomic mass is 9.85. The van der Waals surface area contributed by atoms with Crippen LogP contribution in [-0.2, 0) is 18.4 Å². The van der Waals surface area contributed by atoms with E-state index in [4.69, 9.17) is 4.42 Å². The van der Waals surface area contributed by atoms with Gasteiger partial charge in [0, 0.05) is 6.54 Å². The van der Waals surface area contributed by atoms with Gasteiger partial charge in [-0.25, -0.2) is 0 Å². The van der Waals surface area contributed by atoms with Gasteiger partial charge in [0.1, 0.15) is 5.76 Å². The minimum absolute atomic E-state index is 0.0435. The Balaban J connectivity index is 1.95. The van der Waals surface area contributed by atoms with Crippen LogP contribution in [0.4, 0.5) is 0 Å². The lowest BCUT2D eigenvalue weighted by Crippen LogP contribution is -2.46. The molecule has 0 bridgehead atoms. The largest absolute Gasteiger partial charge is 0.467 e. The van der Waals surface area contributed by atoms with E-state index >= 15 is 0 Å². The Bertz CT molecular complexity index is 474. The maximum absolute atomic E-state index is 5.66. The Morgan fingerprint density at radius 3 is 3.25 bits per heavy atom. The van der Waals surface area contributed by atoms with Crippen molar-refractivity contribution >= 4 is 11.3 Å². The summed E-state index contributed by atoms with van der Waals surface area (Å²) in [6.07, 6.45) is 3.88. The van der Waals surface area contributed by atoms with Gasteiger partial charge in [0.2, 0.25) is 0 Å². The van der Waals surface area contributed by atoms with Gasteiger partial charge in [-0.05, 0) is 53.8 Å². The molecule has 0 aliphatic carbocycles. The average Bonchev–Trinajstić information content (AvgIpc) is 2.88. The molecule has 3 heterocycles. The fraction of sp³-hybridized carbons (Fsp3) is 0.385. The number of nitrogens with one attached hydrogen (secondary N) is 1. The van der Waals surface area contributed by atoms with Gasteiger partial charge in [-0.3, -0.25) is 0 Å². The van der Waals surface area contributed by atoms with Gasteiger partial charge in [0.05, 0.1) is 11.8 Å². The van der Waals surface area contributed by atoms with E-state index < -0.39 is 0 Å². The van der Waals surface area contributed by atoms with Crippen LogP contribution >= 0.6 is 11.3 Å². The zero-order valence-electron chi connectivity index (χ0n) is 9.32. The van der Waals surface area contributed by atoms with Crippen molar-refractivity contribution in [2.24, 2.45) is 0 Å². The van der Waals surface area contributed by atoms with Crippen LogP contribution in [0, 0.1) is 0 Å². The molecule has 1 aliphatic heterocycles. The summed E-state index contributed by atoms with van der Waals surface area (Å²) >= 11 is 1.75. The van der Waals surface area contributed by atoms with Crippen molar-refractivity contribution in [3.63, 3.8) is 0 Å². The second-order valence-corrected chi connectivity index (χ2v) is 5.37. The molecule has 0 amide bonds. The Labute approximate surface area is 99.3 Å². The predicted molar refractivity (Wildman–Crippen MR) is 65.8 cm³/mol. The smallest absolute Gasteiger partial charge is 0.127 e. The summed E-state index contributed by atoms with van der Waals surface area (Å²) in [5, 5.41) is 7.93. The van der Waals surface area contributed by atoms with Crippen LogP contribution in [-0.4, -0.2) is 6.54 Å². The molecule has 0 saturated heterocycles. The summed E-state index contributed by atoms with van der Waals surface area (Å²) in [6, 6.07) is 4.29. The number of furan rings is 1. The molecule has 2 nitrogen and oxygen atoms in total. The fourth-order valence-electron chi connectivity index (χ4n) is 2.51. The van der Waals surface area contributed by atoms with Crippen molar-refractivity contribution in [3.05, 3.63) is 46.0 Å². The van der Waals surface area contributed by atoms with Gasteiger partial charge >= 0.3 is 0 Å². The number of hydrogen-bond acceptors (Lipinski definition) is 3. The first kappa shape index (κ1) is 10.1. The molecule has 0 spiro atoms. The van der Waals surface area contributed by atoms with Gasteiger partial charge in [-0.15, -0.1) is 0 Å². The van der Waals surface area contributed by atoms with Crippen LogP contribution in [0.2, 0.25) is 0 Å². The third-order valence-electron chi connectivity index (χ3n) is 3.30. The highest BCUT2D eigenvalue weighted by atomic mass is 32.1. The van der Waals surface area contributed by atoms with Crippen LogP contribution in [0.25, 0.3) is 0 Å². The topological polar surface area (TPSA) is 25.2 Å². The van der Waals surface area contributed by atoms with E-state index in [-0.39, 0.29) is 5.54 Å². The lowest BCUT2D eigenvalue weighted by molar-refractivity contribution is 0.275. The molecule has 2 aromatic heterocycles. The van der Waals surface area contributed by atoms with E-state index in [9.17, 15) is 0 Å². The number of thiophene rings is 1. The summed E-state index contributed by atoms with van der Waals surface area (Å²) in [5.74, 6) is 1.12. The van der Waals surface area contributed by atoms with Gasteiger partial charge < -0.3 is 9.73 Å². The molecule has 0 aromatic carbocycles. The van der Waals surface area contributed by atoms with Crippen LogP contribution in [0.5, 0.6) is 0 Å². The molecule has 84 valence electrons. The van der Waals surface area contributed by atoms with E-state index in [1.165, 1.54) is 11.1 Å². The second-order valence-electron chi connectivity index (χ2n) is 4.59. The Morgan fingerprint density at radius 1 is 1.50 bits per heavy atom. The quantitative estimate of drug-likeness (QED) is 0.862. The van der Waals surface area contributed by atoms with Gasteiger partial charge in [0.25, 0.3) is 0 Å². The van der Waals surface area contributed by atoms with E-state index in [1.54, 1.807) is 11.3 Å². The second kappa shape index (κ2) is 3.75. The molecule has 0 saturated carbocycles. The van der Waals surface area contributed by atoms with Crippen LogP contribution in [0.1, 0.15) is 23.8 Å². The average molecular weight is 233 g/mol. The molecular weight excluding hydrogens is 218 g/mol. The highest BCUT2D eigenvalue weighted by Gasteiger charge is 2.34. The standard InChI is InChI=1S/C13H15NOS/c1-13(8-10-4-7-16-9-10)12-11(2-5-14-13)3-6-15-12/h3-4,6-7,9,14H,2,5,8H2,1H3. The molecule has 2 aromatic rings. The van der Waals surface area contributed by atoms with E-state index in [2.05, 4.69) is 35.1 Å². The monoisotopic (exact) mass is 233 g/mol. The van der Waals surface area contributed by atoms with Gasteiger partial charge in [-0.1, -0.05) is 0 Å². The minimum Gasteiger partial charge on any atom is -0.467 e. The van der Waals surface area contributed by atoms with Gasteiger partial charge in [0.15, 0.2) is 0 Å². The molecule has 0 radical (unpaired) electrons. The van der Waals surface area contributed by atoms with Crippen LogP contribution < -0.4 is 5.32 Å². The van der Waals surface area contributed by atoms with Crippen molar-refractivity contribution < 1.29 is 4.42 Å². The molecule has 1 aliphatic rings. The van der Waals surface area contributed by atoms with Crippen LogP contribution in [0.3, 0.4) is 0 Å². The third-order valence-corrected chi connectivity index (χ3v) is 4.03. The van der Waals surface area contributed by atoms with Crippen molar-refractivity contribution in [2.45, 2.75) is 25.3 Å². The highest BCUT2D eigenvalue weighted by Crippen LogP contribution is 2.32. The summed E-state index contributed by atoms with van der Waals surface area (Å²) in [4.78, 5) is 0. The first-order valence-electron chi connectivity index (χ1n) is 5.61. The SMILES string of the molecule is CC1(Cc2ccsc2)NCCc2ccoc21. The van der Waals surface area contributed by atoms with Gasteiger partial charge in [-0.2, -0.15) is 11.3 Å². The third kappa shape index (κ3) is 1.60. The molecule has 1 atom stereocenters. The lowest BCUT2D eigenvalue weighted by Gasteiger charge is -2.33. The molecule has 16 heavy (non-hydrogen) atoms. The van der Waals surface area contributed by atoms with Crippen molar-refractivity contribution in [1.82, 2.24) is 5.32 Å². The molecule has 1 unspecified atom stereocenters. The molecular formula is C13H15NOS. The van der Waals surface area contributed by atoms with E-state index in [1.807, 2.05) is 6.26 Å². The normalized spacial score (nSPS) is 24.3. The van der Waals surface area contributed by atoms with Crippen LogP contribution in [0.15, 0.2) is 33.6 Å². The number of rotatable bonds is 2. The van der Waals surface area contributed by atoms with Crippen molar-refractivity contribution in [3.8, 4) is 0 Å². The van der Waals surface area contributed by atoms with E-state index in [0.29, 0.717) is 0 Å².